The third kappa shape index (κ3) is 7.22. The standard InChI is InChI=1S/C26H32F3N3O6S/c1-16(2)32(25(35)11-17-6-7-23-21(10-17)30-24(34)15-39(23,36)37)22(14-31-9-8-19(33)13-31)18-4-3-5-20(12-18)38-26(27,28)29/h3-7,10,12,16,19,22,33,36-37H,8-9,11,13-15H2,1-2H3,(H,30,34)/t19?,22-/m1/s1. The van der Waals surface area contributed by atoms with Crippen LogP contribution in [-0.4, -0.2) is 79.7 Å². The van der Waals surface area contributed by atoms with Gasteiger partial charge in [-0.15, -0.1) is 13.2 Å². The number of likely N-dealkylation sites (tertiary alicyclic amines) is 1. The lowest BCUT2D eigenvalue weighted by atomic mass is 10.0. The van der Waals surface area contributed by atoms with Crippen molar-refractivity contribution >= 4 is 28.1 Å². The number of hydrogen-bond acceptors (Lipinski definition) is 7. The van der Waals surface area contributed by atoms with Gasteiger partial charge in [0, 0.05) is 25.7 Å². The summed E-state index contributed by atoms with van der Waals surface area (Å²) in [6.07, 6.45) is -4.94. The van der Waals surface area contributed by atoms with Crippen LogP contribution >= 0.6 is 10.6 Å². The summed E-state index contributed by atoms with van der Waals surface area (Å²) in [5.74, 6) is -1.68. The van der Waals surface area contributed by atoms with Crippen LogP contribution in [0.1, 0.15) is 37.4 Å². The number of amides is 2. The predicted octanol–water partition coefficient (Wildman–Crippen LogP) is 4.23. The van der Waals surface area contributed by atoms with Gasteiger partial charge in [0.15, 0.2) is 0 Å². The Morgan fingerprint density at radius 3 is 2.62 bits per heavy atom. The molecule has 2 aliphatic rings. The number of fused-ring (bicyclic) bond motifs is 1. The summed E-state index contributed by atoms with van der Waals surface area (Å²) >= 11 is 0. The molecular formula is C26H32F3N3O6S. The monoisotopic (exact) mass is 571 g/mol. The van der Waals surface area contributed by atoms with Crippen LogP contribution in [0.5, 0.6) is 5.75 Å². The number of carbonyl (C=O) groups is 2. The maximum absolute atomic E-state index is 13.7. The molecule has 2 heterocycles. The van der Waals surface area contributed by atoms with Crippen molar-refractivity contribution in [1.29, 1.82) is 0 Å². The van der Waals surface area contributed by atoms with E-state index in [1.54, 1.807) is 17.0 Å². The van der Waals surface area contributed by atoms with Gasteiger partial charge in [0.05, 0.1) is 29.1 Å². The van der Waals surface area contributed by atoms with E-state index in [-0.39, 0.29) is 35.5 Å². The second-order valence-corrected chi connectivity index (χ2v) is 12.2. The molecule has 0 saturated carbocycles. The first-order valence-corrected chi connectivity index (χ1v) is 14.2. The third-order valence-electron chi connectivity index (χ3n) is 6.69. The van der Waals surface area contributed by atoms with E-state index in [4.69, 9.17) is 0 Å². The Kier molecular flexibility index (Phi) is 8.47. The number of hydrogen-bond donors (Lipinski definition) is 4. The molecule has 1 saturated heterocycles. The molecule has 0 aliphatic carbocycles. The first kappa shape index (κ1) is 29.2. The van der Waals surface area contributed by atoms with Gasteiger partial charge < -0.3 is 20.1 Å². The van der Waals surface area contributed by atoms with Crippen molar-refractivity contribution in [2.24, 2.45) is 0 Å². The largest absolute Gasteiger partial charge is 0.573 e. The highest BCUT2D eigenvalue weighted by atomic mass is 32.3. The fourth-order valence-corrected chi connectivity index (χ4v) is 6.44. The topological polar surface area (TPSA) is 123 Å². The van der Waals surface area contributed by atoms with E-state index in [0.717, 1.165) is 0 Å². The van der Waals surface area contributed by atoms with Crippen LogP contribution in [-0.2, 0) is 16.0 Å². The smallest absolute Gasteiger partial charge is 0.406 e. The summed E-state index contributed by atoms with van der Waals surface area (Å²) in [5, 5.41) is 12.6. The number of nitrogens with zero attached hydrogens (tertiary/aromatic N) is 2. The van der Waals surface area contributed by atoms with Gasteiger partial charge in [0.25, 0.3) is 0 Å². The highest BCUT2D eigenvalue weighted by Crippen LogP contribution is 2.53. The number of nitrogens with one attached hydrogen (secondary N) is 1. The number of ether oxygens (including phenoxy) is 1. The molecule has 1 unspecified atom stereocenters. The molecule has 0 bridgehead atoms. The molecule has 2 amide bonds. The lowest BCUT2D eigenvalue weighted by Gasteiger charge is -2.38. The molecule has 2 atom stereocenters. The molecule has 9 nitrogen and oxygen atoms in total. The second kappa shape index (κ2) is 11.3. The zero-order valence-corrected chi connectivity index (χ0v) is 22.3. The summed E-state index contributed by atoms with van der Waals surface area (Å²) in [7, 11) is -3.28. The molecule has 13 heteroatoms. The Morgan fingerprint density at radius 2 is 1.97 bits per heavy atom. The van der Waals surface area contributed by atoms with Crippen LogP contribution in [0.2, 0.25) is 0 Å². The number of anilines is 1. The first-order valence-electron chi connectivity index (χ1n) is 12.5. The zero-order chi connectivity index (χ0) is 28.5. The van der Waals surface area contributed by atoms with E-state index in [0.29, 0.717) is 30.6 Å². The van der Waals surface area contributed by atoms with Crippen LogP contribution in [0.25, 0.3) is 0 Å². The SMILES string of the molecule is CC(C)N(C(=O)Cc1ccc2c(c1)NC(=O)CS2(O)O)[C@H](CN1CCC(O)C1)c1cccc(OC(F)(F)F)c1. The molecule has 2 aromatic rings. The van der Waals surface area contributed by atoms with E-state index in [9.17, 15) is 37.0 Å². The normalized spacial score (nSPS) is 20.7. The summed E-state index contributed by atoms with van der Waals surface area (Å²) in [5.41, 5.74) is 1.20. The van der Waals surface area contributed by atoms with Gasteiger partial charge >= 0.3 is 6.36 Å². The van der Waals surface area contributed by atoms with Crippen molar-refractivity contribution in [2.75, 3.05) is 30.7 Å². The van der Waals surface area contributed by atoms with Crippen molar-refractivity contribution in [3.63, 3.8) is 0 Å². The maximum Gasteiger partial charge on any atom is 0.573 e. The highest BCUT2D eigenvalue weighted by molar-refractivity contribution is 8.25. The maximum atomic E-state index is 13.7. The van der Waals surface area contributed by atoms with Gasteiger partial charge in [-0.3, -0.25) is 23.6 Å². The Hall–Kier alpha value is -2.84. The number of rotatable bonds is 8. The minimum absolute atomic E-state index is 0.0988. The quantitative estimate of drug-likeness (QED) is 0.374. The second-order valence-electron chi connectivity index (χ2n) is 10.1. The van der Waals surface area contributed by atoms with E-state index >= 15 is 0 Å². The Bertz CT molecular complexity index is 1230. The van der Waals surface area contributed by atoms with E-state index in [1.807, 2.05) is 18.7 Å². The van der Waals surface area contributed by atoms with Crippen LogP contribution in [0.3, 0.4) is 0 Å². The highest BCUT2D eigenvalue weighted by Gasteiger charge is 2.35. The average Bonchev–Trinajstić information content (AvgIpc) is 3.21. The minimum atomic E-state index is -4.87. The van der Waals surface area contributed by atoms with Gasteiger partial charge in [-0.2, -0.15) is 10.6 Å². The third-order valence-corrected chi connectivity index (χ3v) is 8.42. The summed E-state index contributed by atoms with van der Waals surface area (Å²) in [4.78, 5) is 29.4. The summed E-state index contributed by atoms with van der Waals surface area (Å²) in [6.45, 7) is 4.86. The van der Waals surface area contributed by atoms with Crippen molar-refractivity contribution in [3.8, 4) is 5.75 Å². The number of aliphatic hydroxyl groups excluding tert-OH is 1. The lowest BCUT2D eigenvalue weighted by molar-refractivity contribution is -0.274. The van der Waals surface area contributed by atoms with Crippen LogP contribution in [0.15, 0.2) is 47.4 Å². The Balaban J connectivity index is 1.64. The molecule has 4 N–H and O–H groups in total. The van der Waals surface area contributed by atoms with Crippen LogP contribution in [0, 0.1) is 0 Å². The van der Waals surface area contributed by atoms with Gasteiger partial charge in [0.1, 0.15) is 11.5 Å². The Morgan fingerprint density at radius 1 is 1.23 bits per heavy atom. The van der Waals surface area contributed by atoms with Crippen molar-refractivity contribution in [3.05, 3.63) is 53.6 Å². The van der Waals surface area contributed by atoms with Gasteiger partial charge in [-0.25, -0.2) is 0 Å². The van der Waals surface area contributed by atoms with Gasteiger partial charge in [-0.05, 0) is 55.7 Å². The molecule has 0 radical (unpaired) electrons. The zero-order valence-electron chi connectivity index (χ0n) is 21.5. The fourth-order valence-electron chi connectivity index (χ4n) is 5.10. The minimum Gasteiger partial charge on any atom is -0.406 e. The van der Waals surface area contributed by atoms with E-state index in [1.165, 1.54) is 30.3 Å². The molecule has 4 rings (SSSR count). The molecule has 0 aromatic heterocycles. The summed E-state index contributed by atoms with van der Waals surface area (Å²) in [6, 6.07) is 9.15. The number of benzene rings is 2. The molecule has 39 heavy (non-hydrogen) atoms. The number of aliphatic hydroxyl groups is 1. The van der Waals surface area contributed by atoms with E-state index < -0.39 is 46.5 Å². The summed E-state index contributed by atoms with van der Waals surface area (Å²) < 4.78 is 63.4. The molecule has 214 valence electrons. The van der Waals surface area contributed by atoms with Crippen LogP contribution < -0.4 is 10.1 Å². The van der Waals surface area contributed by atoms with E-state index in [2.05, 4.69) is 10.1 Å². The number of β-amino-alcohol motifs (C(OH)–C–C–N with tert-alkyl or cyclic N) is 1. The molecule has 2 aliphatic heterocycles. The lowest BCUT2D eigenvalue weighted by Crippen LogP contribution is -2.45. The number of carbonyl (C=O) groups excluding carboxylic acids is 2. The predicted molar refractivity (Wildman–Crippen MR) is 140 cm³/mol. The number of halogens is 3. The molecule has 2 aromatic carbocycles. The molecule has 0 spiro atoms. The molecular weight excluding hydrogens is 539 g/mol. The van der Waals surface area contributed by atoms with Crippen molar-refractivity contribution in [2.45, 2.75) is 56.1 Å². The van der Waals surface area contributed by atoms with Crippen molar-refractivity contribution in [1.82, 2.24) is 9.80 Å². The van der Waals surface area contributed by atoms with Crippen molar-refractivity contribution < 1.29 is 41.7 Å². The van der Waals surface area contributed by atoms with Gasteiger partial charge in [0.2, 0.25) is 11.8 Å². The molecule has 1 fully saturated rings. The van der Waals surface area contributed by atoms with Gasteiger partial charge in [-0.1, -0.05) is 18.2 Å². The van der Waals surface area contributed by atoms with Crippen LogP contribution in [0.4, 0.5) is 18.9 Å². The number of alkyl halides is 3. The first-order chi connectivity index (χ1) is 18.2. The Labute approximate surface area is 225 Å². The average molecular weight is 572 g/mol. The fraction of sp³-hybridized carbons (Fsp3) is 0.462.